The highest BCUT2D eigenvalue weighted by Crippen LogP contribution is 2.35. The lowest BCUT2D eigenvalue weighted by molar-refractivity contribution is -0.137. The van der Waals surface area contributed by atoms with E-state index in [1.54, 1.807) is 18.3 Å². The summed E-state index contributed by atoms with van der Waals surface area (Å²) in [5.74, 6) is 0.615. The van der Waals surface area contributed by atoms with Crippen LogP contribution in [0, 0.1) is 5.92 Å². The zero-order valence-electron chi connectivity index (χ0n) is 18.4. The Bertz CT molecular complexity index is 751. The van der Waals surface area contributed by atoms with Gasteiger partial charge in [-0.25, -0.2) is 4.98 Å². The normalized spacial score (nSPS) is 22.9. The molecular weight excluding hydrogens is 398 g/mol. The third kappa shape index (κ3) is 4.80. The Kier molecular flexibility index (Phi) is 6.93. The van der Waals surface area contributed by atoms with Gasteiger partial charge in [0.25, 0.3) is 0 Å². The number of anilines is 1. The number of nitrogens with zero attached hydrogens (tertiary/aromatic N) is 5. The summed E-state index contributed by atoms with van der Waals surface area (Å²) in [4.78, 5) is 39.7. The Labute approximate surface area is 184 Å². The third-order valence-electron chi connectivity index (χ3n) is 6.78. The van der Waals surface area contributed by atoms with E-state index in [4.69, 9.17) is 4.98 Å². The van der Waals surface area contributed by atoms with Gasteiger partial charge in [-0.15, -0.1) is 11.3 Å². The maximum absolute atomic E-state index is 13.1. The summed E-state index contributed by atoms with van der Waals surface area (Å²) in [6.45, 7) is 12.0. The molecule has 0 saturated carbocycles. The highest BCUT2D eigenvalue weighted by molar-refractivity contribution is 7.15. The van der Waals surface area contributed by atoms with Crippen LogP contribution in [0.1, 0.15) is 43.7 Å². The molecule has 8 heteroatoms. The van der Waals surface area contributed by atoms with Crippen LogP contribution in [0.2, 0.25) is 0 Å². The smallest absolute Gasteiger partial charge is 0.226 e. The van der Waals surface area contributed by atoms with Gasteiger partial charge in [0.05, 0.1) is 5.69 Å². The molecule has 7 nitrogen and oxygen atoms in total. The lowest BCUT2D eigenvalue weighted by Crippen LogP contribution is -2.51. The maximum atomic E-state index is 13.1. The van der Waals surface area contributed by atoms with Crippen molar-refractivity contribution >= 4 is 28.3 Å². The zero-order valence-corrected chi connectivity index (χ0v) is 19.3. The standard InChI is InChI=1S/C22H35N5O2S/c1-3-4-7-24-8-10-26(11-9-24)21(29)18-5-6-19-20(16-18)30-22(23-19)27-14-12-25(13-15-27)17(2)28/h18H,3-16H2,1-2H3/t18-/m0/s1. The summed E-state index contributed by atoms with van der Waals surface area (Å²) in [6.07, 6.45) is 5.15. The number of rotatable bonds is 5. The van der Waals surface area contributed by atoms with Crippen molar-refractivity contribution in [3.8, 4) is 0 Å². The van der Waals surface area contributed by atoms with Crippen LogP contribution in [-0.2, 0) is 22.4 Å². The van der Waals surface area contributed by atoms with Gasteiger partial charge in [0.15, 0.2) is 5.13 Å². The molecule has 2 fully saturated rings. The van der Waals surface area contributed by atoms with E-state index in [0.29, 0.717) is 5.91 Å². The van der Waals surface area contributed by atoms with Crippen LogP contribution in [0.25, 0.3) is 0 Å². The molecule has 2 saturated heterocycles. The first-order valence-electron chi connectivity index (χ1n) is 11.5. The summed E-state index contributed by atoms with van der Waals surface area (Å²) < 4.78 is 0. The van der Waals surface area contributed by atoms with Crippen molar-refractivity contribution in [3.05, 3.63) is 10.6 Å². The minimum Gasteiger partial charge on any atom is -0.345 e. The SMILES string of the molecule is CCCCN1CCN(C(=O)[C@H]2CCc3nc(N4CCN(C(C)=O)CC4)sc3C2)CC1. The molecular formula is C22H35N5O2S. The number of aryl methyl sites for hydroxylation is 1. The predicted molar refractivity (Wildman–Crippen MR) is 120 cm³/mol. The Hall–Kier alpha value is -1.67. The Morgan fingerprint density at radius 3 is 2.40 bits per heavy atom. The van der Waals surface area contributed by atoms with Crippen molar-refractivity contribution in [3.63, 3.8) is 0 Å². The lowest BCUT2D eigenvalue weighted by Gasteiger charge is -2.37. The lowest BCUT2D eigenvalue weighted by atomic mass is 9.90. The summed E-state index contributed by atoms with van der Waals surface area (Å²) in [5.41, 5.74) is 1.19. The van der Waals surface area contributed by atoms with Gasteiger partial charge in [-0.2, -0.15) is 0 Å². The highest BCUT2D eigenvalue weighted by Gasteiger charge is 2.32. The molecule has 0 bridgehead atoms. The summed E-state index contributed by atoms with van der Waals surface area (Å²) >= 11 is 1.76. The van der Waals surface area contributed by atoms with E-state index < -0.39 is 0 Å². The van der Waals surface area contributed by atoms with Crippen LogP contribution in [0.15, 0.2) is 0 Å². The van der Waals surface area contributed by atoms with Crippen molar-refractivity contribution in [2.24, 2.45) is 5.92 Å². The molecule has 1 aliphatic carbocycles. The molecule has 0 unspecified atom stereocenters. The number of hydrogen-bond acceptors (Lipinski definition) is 6. The minimum absolute atomic E-state index is 0.113. The molecule has 3 aliphatic rings. The van der Waals surface area contributed by atoms with Gasteiger partial charge < -0.3 is 14.7 Å². The quantitative estimate of drug-likeness (QED) is 0.709. The summed E-state index contributed by atoms with van der Waals surface area (Å²) in [7, 11) is 0. The van der Waals surface area contributed by atoms with E-state index in [9.17, 15) is 9.59 Å². The molecule has 3 heterocycles. The Morgan fingerprint density at radius 2 is 1.73 bits per heavy atom. The average molecular weight is 434 g/mol. The first kappa shape index (κ1) is 21.6. The second-order valence-electron chi connectivity index (χ2n) is 8.82. The van der Waals surface area contributed by atoms with Crippen LogP contribution in [0.3, 0.4) is 0 Å². The number of aromatic nitrogens is 1. The fraction of sp³-hybridized carbons (Fsp3) is 0.773. The highest BCUT2D eigenvalue weighted by atomic mass is 32.1. The third-order valence-corrected chi connectivity index (χ3v) is 7.97. The molecule has 1 atom stereocenters. The van der Waals surface area contributed by atoms with Gasteiger partial charge in [-0.3, -0.25) is 14.5 Å². The van der Waals surface area contributed by atoms with Crippen molar-refractivity contribution in [2.75, 3.05) is 63.8 Å². The van der Waals surface area contributed by atoms with Crippen molar-refractivity contribution < 1.29 is 9.59 Å². The van der Waals surface area contributed by atoms with Gasteiger partial charge >= 0.3 is 0 Å². The number of unbranched alkanes of at least 4 members (excludes halogenated alkanes) is 1. The first-order valence-corrected chi connectivity index (χ1v) is 12.4. The zero-order chi connectivity index (χ0) is 21.1. The second kappa shape index (κ2) is 9.64. The van der Waals surface area contributed by atoms with Gasteiger partial charge in [0.1, 0.15) is 0 Å². The van der Waals surface area contributed by atoms with E-state index in [0.717, 1.165) is 83.3 Å². The number of thiazole rings is 1. The monoisotopic (exact) mass is 433 g/mol. The van der Waals surface area contributed by atoms with E-state index in [-0.39, 0.29) is 11.8 Å². The van der Waals surface area contributed by atoms with Crippen LogP contribution in [0.4, 0.5) is 5.13 Å². The van der Waals surface area contributed by atoms with E-state index in [1.807, 2.05) is 4.90 Å². The van der Waals surface area contributed by atoms with Crippen molar-refractivity contribution in [1.29, 1.82) is 0 Å². The number of fused-ring (bicyclic) bond motifs is 1. The Morgan fingerprint density at radius 1 is 1.03 bits per heavy atom. The van der Waals surface area contributed by atoms with Crippen LogP contribution < -0.4 is 4.90 Å². The van der Waals surface area contributed by atoms with E-state index in [2.05, 4.69) is 21.6 Å². The topological polar surface area (TPSA) is 60.0 Å². The second-order valence-corrected chi connectivity index (χ2v) is 9.88. The summed E-state index contributed by atoms with van der Waals surface area (Å²) in [5, 5.41) is 1.07. The molecule has 30 heavy (non-hydrogen) atoms. The van der Waals surface area contributed by atoms with Gasteiger partial charge in [0, 0.05) is 70.1 Å². The van der Waals surface area contributed by atoms with Gasteiger partial charge in [-0.1, -0.05) is 13.3 Å². The number of hydrogen-bond donors (Lipinski definition) is 0. The molecule has 166 valence electrons. The van der Waals surface area contributed by atoms with E-state index in [1.165, 1.54) is 23.4 Å². The molecule has 2 aliphatic heterocycles. The number of amides is 2. The van der Waals surface area contributed by atoms with Crippen molar-refractivity contribution in [1.82, 2.24) is 19.7 Å². The number of piperazine rings is 2. The van der Waals surface area contributed by atoms with Gasteiger partial charge in [0.2, 0.25) is 11.8 Å². The average Bonchev–Trinajstić information content (AvgIpc) is 3.21. The van der Waals surface area contributed by atoms with Gasteiger partial charge in [-0.05, 0) is 32.2 Å². The predicted octanol–water partition coefficient (Wildman–Crippen LogP) is 1.86. The maximum Gasteiger partial charge on any atom is 0.226 e. The fourth-order valence-electron chi connectivity index (χ4n) is 4.75. The molecule has 0 N–H and O–H groups in total. The summed E-state index contributed by atoms with van der Waals surface area (Å²) in [6, 6.07) is 0. The van der Waals surface area contributed by atoms with E-state index >= 15 is 0 Å². The van der Waals surface area contributed by atoms with Crippen molar-refractivity contribution in [2.45, 2.75) is 46.0 Å². The molecule has 0 spiro atoms. The molecule has 0 aromatic carbocycles. The number of carbonyl (C=O) groups excluding carboxylic acids is 2. The minimum atomic E-state index is 0.113. The molecule has 0 radical (unpaired) electrons. The van der Waals surface area contributed by atoms with Crippen LogP contribution >= 0.6 is 11.3 Å². The molecule has 1 aromatic rings. The van der Waals surface area contributed by atoms with Crippen LogP contribution in [0.5, 0.6) is 0 Å². The largest absolute Gasteiger partial charge is 0.345 e. The fourth-order valence-corrected chi connectivity index (χ4v) is 5.99. The molecule has 1 aromatic heterocycles. The Balaban J connectivity index is 1.31. The molecule has 2 amide bonds. The molecule has 4 rings (SSSR count). The number of carbonyl (C=O) groups is 2. The van der Waals surface area contributed by atoms with Crippen LogP contribution in [-0.4, -0.2) is 90.4 Å². The first-order chi connectivity index (χ1) is 14.5.